The van der Waals surface area contributed by atoms with Crippen LogP contribution in [0.25, 0.3) is 0 Å². The summed E-state index contributed by atoms with van der Waals surface area (Å²) in [5, 5.41) is 10.2. The SMILES string of the molecule is CCOc1ccc(CC2=NCCc3cc(OCC)c(OCC)cc32)cc1O. The molecule has 144 valence electrons. The number of hydrogen-bond acceptors (Lipinski definition) is 5. The van der Waals surface area contributed by atoms with Gasteiger partial charge < -0.3 is 19.3 Å². The number of aliphatic imine (C=N–C) groups is 1. The normalized spacial score (nSPS) is 12.9. The van der Waals surface area contributed by atoms with Gasteiger partial charge in [0.25, 0.3) is 0 Å². The molecule has 2 aromatic carbocycles. The molecule has 1 heterocycles. The van der Waals surface area contributed by atoms with E-state index in [0.717, 1.165) is 41.3 Å². The van der Waals surface area contributed by atoms with Crippen molar-refractivity contribution in [3.8, 4) is 23.0 Å². The lowest BCUT2D eigenvalue weighted by atomic mass is 9.93. The summed E-state index contributed by atoms with van der Waals surface area (Å²) < 4.78 is 16.9. The van der Waals surface area contributed by atoms with Crippen LogP contribution >= 0.6 is 0 Å². The number of benzene rings is 2. The molecular weight excluding hydrogens is 342 g/mol. The number of rotatable bonds is 8. The molecule has 0 saturated heterocycles. The largest absolute Gasteiger partial charge is 0.504 e. The zero-order valence-corrected chi connectivity index (χ0v) is 16.2. The minimum Gasteiger partial charge on any atom is -0.504 e. The van der Waals surface area contributed by atoms with Crippen LogP contribution in [0, 0.1) is 0 Å². The first-order valence-electron chi connectivity index (χ1n) is 9.57. The van der Waals surface area contributed by atoms with Crippen LogP contribution in [0.2, 0.25) is 0 Å². The fourth-order valence-electron chi connectivity index (χ4n) is 3.31. The molecule has 0 unspecified atom stereocenters. The third-order valence-electron chi connectivity index (χ3n) is 4.46. The fraction of sp³-hybridized carbons (Fsp3) is 0.409. The molecule has 27 heavy (non-hydrogen) atoms. The van der Waals surface area contributed by atoms with Gasteiger partial charge in [-0.2, -0.15) is 0 Å². The van der Waals surface area contributed by atoms with E-state index in [0.29, 0.717) is 32.0 Å². The molecule has 0 bridgehead atoms. The predicted octanol–water partition coefficient (Wildman–Crippen LogP) is 4.18. The molecule has 0 atom stereocenters. The van der Waals surface area contributed by atoms with E-state index in [1.807, 2.05) is 39.0 Å². The van der Waals surface area contributed by atoms with Gasteiger partial charge >= 0.3 is 0 Å². The van der Waals surface area contributed by atoms with Gasteiger partial charge in [-0.15, -0.1) is 0 Å². The number of hydrogen-bond donors (Lipinski definition) is 1. The lowest BCUT2D eigenvalue weighted by Crippen LogP contribution is -2.16. The Labute approximate surface area is 160 Å². The van der Waals surface area contributed by atoms with Crippen LogP contribution in [0.5, 0.6) is 23.0 Å². The second kappa shape index (κ2) is 8.80. The number of aromatic hydroxyl groups is 1. The van der Waals surface area contributed by atoms with Gasteiger partial charge in [-0.25, -0.2) is 0 Å². The monoisotopic (exact) mass is 369 g/mol. The summed E-state index contributed by atoms with van der Waals surface area (Å²) in [5.74, 6) is 2.21. The van der Waals surface area contributed by atoms with Crippen LogP contribution in [0.4, 0.5) is 0 Å². The summed E-state index contributed by atoms with van der Waals surface area (Å²) in [6, 6.07) is 9.64. The highest BCUT2D eigenvalue weighted by molar-refractivity contribution is 6.04. The number of ether oxygens (including phenoxy) is 3. The summed E-state index contributed by atoms with van der Waals surface area (Å²) in [6.07, 6.45) is 1.53. The van der Waals surface area contributed by atoms with Crippen molar-refractivity contribution >= 4 is 5.71 Å². The Morgan fingerprint density at radius 1 is 0.889 bits per heavy atom. The van der Waals surface area contributed by atoms with E-state index >= 15 is 0 Å². The summed E-state index contributed by atoms with van der Waals surface area (Å²) in [7, 11) is 0. The molecule has 1 aliphatic rings. The smallest absolute Gasteiger partial charge is 0.161 e. The van der Waals surface area contributed by atoms with Crippen LogP contribution in [0.1, 0.15) is 37.5 Å². The first-order valence-corrected chi connectivity index (χ1v) is 9.57. The fourth-order valence-corrected chi connectivity index (χ4v) is 3.31. The van der Waals surface area contributed by atoms with E-state index in [1.165, 1.54) is 5.56 Å². The number of fused-ring (bicyclic) bond motifs is 1. The van der Waals surface area contributed by atoms with Crippen LogP contribution in [-0.4, -0.2) is 37.2 Å². The first-order chi connectivity index (χ1) is 13.2. The number of nitrogens with zero attached hydrogens (tertiary/aromatic N) is 1. The average molecular weight is 369 g/mol. The Hall–Kier alpha value is -2.69. The lowest BCUT2D eigenvalue weighted by molar-refractivity contribution is 0.287. The van der Waals surface area contributed by atoms with Crippen molar-refractivity contribution in [2.45, 2.75) is 33.6 Å². The molecule has 1 aliphatic heterocycles. The molecule has 2 aromatic rings. The van der Waals surface area contributed by atoms with Crippen molar-refractivity contribution in [3.05, 3.63) is 47.0 Å². The Kier molecular flexibility index (Phi) is 6.22. The molecule has 0 aliphatic carbocycles. The highest BCUT2D eigenvalue weighted by atomic mass is 16.5. The third kappa shape index (κ3) is 4.35. The van der Waals surface area contributed by atoms with Gasteiger partial charge in [-0.05, 0) is 62.6 Å². The topological polar surface area (TPSA) is 60.3 Å². The molecule has 1 N–H and O–H groups in total. The van der Waals surface area contributed by atoms with Gasteiger partial charge in [0.05, 0.1) is 19.8 Å². The number of phenolic OH excluding ortho intramolecular Hbond substituents is 1. The Balaban J connectivity index is 1.89. The molecule has 3 rings (SSSR count). The number of phenols is 1. The summed E-state index contributed by atoms with van der Waals surface area (Å²) >= 11 is 0. The lowest BCUT2D eigenvalue weighted by Gasteiger charge is -2.21. The second-order valence-corrected chi connectivity index (χ2v) is 6.31. The van der Waals surface area contributed by atoms with E-state index in [-0.39, 0.29) is 5.75 Å². The quantitative estimate of drug-likeness (QED) is 0.758. The second-order valence-electron chi connectivity index (χ2n) is 6.31. The zero-order chi connectivity index (χ0) is 19.2. The van der Waals surface area contributed by atoms with Crippen molar-refractivity contribution in [1.29, 1.82) is 0 Å². The molecule has 0 aromatic heterocycles. The molecule has 5 nitrogen and oxygen atoms in total. The molecule has 0 radical (unpaired) electrons. The maximum absolute atomic E-state index is 10.2. The maximum Gasteiger partial charge on any atom is 0.161 e. The molecular formula is C22H27NO4. The predicted molar refractivity (Wildman–Crippen MR) is 107 cm³/mol. The Morgan fingerprint density at radius 2 is 1.56 bits per heavy atom. The van der Waals surface area contributed by atoms with E-state index in [9.17, 15) is 5.11 Å². The minimum absolute atomic E-state index is 0.160. The summed E-state index contributed by atoms with van der Waals surface area (Å²) in [6.45, 7) is 8.30. The van der Waals surface area contributed by atoms with Crippen molar-refractivity contribution in [2.75, 3.05) is 26.4 Å². The van der Waals surface area contributed by atoms with E-state index < -0.39 is 0 Å². The van der Waals surface area contributed by atoms with Gasteiger partial charge in [0, 0.05) is 24.2 Å². The highest BCUT2D eigenvalue weighted by Crippen LogP contribution is 2.34. The van der Waals surface area contributed by atoms with E-state index in [1.54, 1.807) is 6.07 Å². The van der Waals surface area contributed by atoms with E-state index in [4.69, 9.17) is 19.2 Å². The van der Waals surface area contributed by atoms with Crippen LogP contribution in [0.15, 0.2) is 35.3 Å². The maximum atomic E-state index is 10.2. The standard InChI is InChI=1S/C22H27NO4/c1-4-25-20-8-7-15(12-19(20)24)11-18-17-14-22(27-6-3)21(26-5-2)13-16(17)9-10-23-18/h7-8,12-14,24H,4-6,9-11H2,1-3H3. The molecule has 0 saturated carbocycles. The van der Waals surface area contributed by atoms with Gasteiger partial charge in [0.2, 0.25) is 0 Å². The minimum atomic E-state index is 0.160. The van der Waals surface area contributed by atoms with Gasteiger partial charge in [0.1, 0.15) is 0 Å². The van der Waals surface area contributed by atoms with Crippen LogP contribution in [0.3, 0.4) is 0 Å². The molecule has 0 amide bonds. The van der Waals surface area contributed by atoms with Gasteiger partial charge in [-0.3, -0.25) is 4.99 Å². The van der Waals surface area contributed by atoms with Crippen LogP contribution < -0.4 is 14.2 Å². The average Bonchev–Trinajstić information content (AvgIpc) is 2.65. The van der Waals surface area contributed by atoms with Crippen molar-refractivity contribution in [1.82, 2.24) is 0 Å². The Morgan fingerprint density at radius 3 is 2.22 bits per heavy atom. The van der Waals surface area contributed by atoms with Crippen molar-refractivity contribution in [3.63, 3.8) is 0 Å². The summed E-state index contributed by atoms with van der Waals surface area (Å²) in [5.41, 5.74) is 4.32. The van der Waals surface area contributed by atoms with Gasteiger partial charge in [-0.1, -0.05) is 6.07 Å². The molecule has 0 fully saturated rings. The third-order valence-corrected chi connectivity index (χ3v) is 4.46. The zero-order valence-electron chi connectivity index (χ0n) is 16.2. The highest BCUT2D eigenvalue weighted by Gasteiger charge is 2.19. The Bertz CT molecular complexity index is 829. The van der Waals surface area contributed by atoms with Crippen molar-refractivity contribution < 1.29 is 19.3 Å². The molecule has 0 spiro atoms. The first kappa shape index (κ1) is 19.1. The molecule has 5 heteroatoms. The van der Waals surface area contributed by atoms with Gasteiger partial charge in [0.15, 0.2) is 23.0 Å². The summed E-state index contributed by atoms with van der Waals surface area (Å²) in [4.78, 5) is 4.74. The van der Waals surface area contributed by atoms with Crippen LogP contribution in [-0.2, 0) is 12.8 Å². The van der Waals surface area contributed by atoms with E-state index in [2.05, 4.69) is 6.07 Å². The van der Waals surface area contributed by atoms with Crippen molar-refractivity contribution in [2.24, 2.45) is 4.99 Å².